The minimum atomic E-state index is -0.925. The van der Waals surface area contributed by atoms with Crippen LogP contribution in [-0.4, -0.2) is 99.8 Å². The third kappa shape index (κ3) is 5.10. The van der Waals surface area contributed by atoms with E-state index < -0.39 is 18.0 Å². The molecule has 1 aliphatic carbocycles. The van der Waals surface area contributed by atoms with Crippen LogP contribution in [0.4, 0.5) is 10.5 Å². The Morgan fingerprint density at radius 3 is 2.42 bits per heavy atom. The average Bonchev–Trinajstić information content (AvgIpc) is 3.17. The van der Waals surface area contributed by atoms with Gasteiger partial charge in [-0.2, -0.15) is 0 Å². The van der Waals surface area contributed by atoms with E-state index in [0.29, 0.717) is 18.4 Å². The fourth-order valence-electron chi connectivity index (χ4n) is 7.11. The van der Waals surface area contributed by atoms with E-state index in [1.165, 1.54) is 0 Å². The predicted molar refractivity (Wildman–Crippen MR) is 150 cm³/mol. The minimum Gasteiger partial charge on any atom is -0.465 e. The number of para-hydroxylation sites is 1. The van der Waals surface area contributed by atoms with Gasteiger partial charge in [0.1, 0.15) is 6.04 Å². The smallest absolute Gasteiger partial charge is 0.404 e. The number of hydrogen-bond acceptors (Lipinski definition) is 7. The van der Waals surface area contributed by atoms with Gasteiger partial charge < -0.3 is 20.2 Å². The number of nitrogens with zero attached hydrogens (tertiary/aromatic N) is 5. The van der Waals surface area contributed by atoms with Crippen molar-refractivity contribution in [2.24, 2.45) is 13.0 Å². The number of imide groups is 1. The molecule has 216 valence electrons. The van der Waals surface area contributed by atoms with Crippen molar-refractivity contribution in [1.82, 2.24) is 29.6 Å². The van der Waals surface area contributed by atoms with Crippen LogP contribution in [0.1, 0.15) is 44.6 Å². The number of fused-ring (bicyclic) bond motifs is 1. The normalized spacial score (nSPS) is 27.0. The van der Waals surface area contributed by atoms with Crippen LogP contribution in [0, 0.1) is 5.92 Å². The summed E-state index contributed by atoms with van der Waals surface area (Å²) in [5.74, 6) is -0.0706. The Hall–Kier alpha value is -3.38. The van der Waals surface area contributed by atoms with Crippen LogP contribution in [0.2, 0.25) is 0 Å². The molecule has 3 amide bonds. The lowest BCUT2D eigenvalue weighted by Gasteiger charge is -2.47. The second-order valence-corrected chi connectivity index (χ2v) is 11.9. The maximum absolute atomic E-state index is 13.3. The molecule has 1 aromatic heterocycles. The number of piperazine rings is 1. The van der Waals surface area contributed by atoms with E-state index in [1.54, 1.807) is 16.2 Å². The Bertz CT molecular complexity index is 1350. The Kier molecular flexibility index (Phi) is 7.30. The fourth-order valence-corrected chi connectivity index (χ4v) is 7.11. The number of carbonyl (C=O) groups excluding carboxylic acids is 2. The zero-order valence-corrected chi connectivity index (χ0v) is 23.1. The zero-order chi connectivity index (χ0) is 28.0. The van der Waals surface area contributed by atoms with Gasteiger partial charge in [0, 0.05) is 71.4 Å². The molecule has 40 heavy (non-hydrogen) atoms. The predicted octanol–water partition coefficient (Wildman–Crippen LogP) is 0.950. The largest absolute Gasteiger partial charge is 0.465 e. The number of anilines is 1. The standard InChI is InChI=1S/C28H39N7O5/c1-31-25-21(3-2-4-22(25)35(28(31)40)23-5-6-24(36)30-26(23)37)34-9-7-18(8-10-34)17-32-11-13-33(14-12-32)20-15-19(16-20)29-27(38)39/h2-4,18-20,23,29H,5-17H2,1H3,(H,38,39)(H,30,36,37)/t19-,20-,23?. The van der Waals surface area contributed by atoms with E-state index in [9.17, 15) is 19.2 Å². The summed E-state index contributed by atoms with van der Waals surface area (Å²) in [5, 5.41) is 13.9. The van der Waals surface area contributed by atoms with Gasteiger partial charge in [-0.1, -0.05) is 6.07 Å². The van der Waals surface area contributed by atoms with Crippen molar-refractivity contribution >= 4 is 34.6 Å². The number of rotatable bonds is 6. The molecule has 1 unspecified atom stereocenters. The first-order chi connectivity index (χ1) is 19.3. The maximum Gasteiger partial charge on any atom is 0.404 e. The highest BCUT2D eigenvalue weighted by Gasteiger charge is 2.36. The molecule has 2 aromatic rings. The summed E-state index contributed by atoms with van der Waals surface area (Å²) in [6.07, 6.45) is 3.64. The molecule has 4 heterocycles. The number of carboxylic acid groups (broad SMARTS) is 1. The molecule has 0 spiro atoms. The van der Waals surface area contributed by atoms with E-state index >= 15 is 0 Å². The third-order valence-electron chi connectivity index (χ3n) is 9.44. The molecule has 12 heteroatoms. The second-order valence-electron chi connectivity index (χ2n) is 11.9. The summed E-state index contributed by atoms with van der Waals surface area (Å²) in [6, 6.07) is 5.84. The van der Waals surface area contributed by atoms with Gasteiger partial charge in [0.2, 0.25) is 11.8 Å². The van der Waals surface area contributed by atoms with Gasteiger partial charge in [-0.05, 0) is 50.2 Å². The van der Waals surface area contributed by atoms with Crippen molar-refractivity contribution in [1.29, 1.82) is 0 Å². The Balaban J connectivity index is 1.05. The van der Waals surface area contributed by atoms with Crippen molar-refractivity contribution in [3.8, 4) is 0 Å². The lowest BCUT2D eigenvalue weighted by molar-refractivity contribution is -0.135. The molecule has 6 rings (SSSR count). The van der Waals surface area contributed by atoms with Gasteiger partial charge >= 0.3 is 11.8 Å². The van der Waals surface area contributed by atoms with Gasteiger partial charge in [-0.3, -0.25) is 28.9 Å². The van der Waals surface area contributed by atoms with Gasteiger partial charge in [0.05, 0.1) is 16.7 Å². The van der Waals surface area contributed by atoms with Crippen LogP contribution >= 0.6 is 0 Å². The Morgan fingerprint density at radius 2 is 1.75 bits per heavy atom. The van der Waals surface area contributed by atoms with Crippen molar-refractivity contribution in [2.45, 2.75) is 56.7 Å². The van der Waals surface area contributed by atoms with E-state index in [0.717, 1.165) is 88.2 Å². The van der Waals surface area contributed by atoms with E-state index in [-0.39, 0.29) is 24.1 Å². The number of carbonyl (C=O) groups is 3. The van der Waals surface area contributed by atoms with Gasteiger partial charge in [0.25, 0.3) is 0 Å². The number of hydrogen-bond donors (Lipinski definition) is 3. The van der Waals surface area contributed by atoms with Gasteiger partial charge in [-0.25, -0.2) is 9.59 Å². The summed E-state index contributed by atoms with van der Waals surface area (Å²) in [7, 11) is 1.76. The molecule has 1 aromatic carbocycles. The first-order valence-corrected chi connectivity index (χ1v) is 14.5. The van der Waals surface area contributed by atoms with Crippen LogP contribution in [0.5, 0.6) is 0 Å². The van der Waals surface area contributed by atoms with Crippen LogP contribution in [-0.2, 0) is 16.6 Å². The average molecular weight is 554 g/mol. The molecule has 1 saturated carbocycles. The molecular weight excluding hydrogens is 514 g/mol. The summed E-state index contributed by atoms with van der Waals surface area (Å²) in [6.45, 7) is 7.15. The van der Waals surface area contributed by atoms with Crippen molar-refractivity contribution in [2.75, 3.05) is 50.7 Å². The molecule has 4 fully saturated rings. The molecule has 1 atom stereocenters. The molecule has 12 nitrogen and oxygen atoms in total. The zero-order valence-electron chi connectivity index (χ0n) is 23.1. The van der Waals surface area contributed by atoms with E-state index in [4.69, 9.17) is 5.11 Å². The summed E-state index contributed by atoms with van der Waals surface area (Å²) in [5.41, 5.74) is 2.35. The van der Waals surface area contributed by atoms with Crippen molar-refractivity contribution in [3.63, 3.8) is 0 Å². The monoisotopic (exact) mass is 553 g/mol. The Labute approximate surface area is 232 Å². The third-order valence-corrected chi connectivity index (χ3v) is 9.44. The first kappa shape index (κ1) is 26.8. The van der Waals surface area contributed by atoms with Crippen LogP contribution in [0.25, 0.3) is 11.0 Å². The quantitative estimate of drug-likeness (QED) is 0.451. The summed E-state index contributed by atoms with van der Waals surface area (Å²) < 4.78 is 3.20. The number of aryl methyl sites for hydroxylation is 1. The highest BCUT2D eigenvalue weighted by Crippen LogP contribution is 2.33. The molecule has 3 saturated heterocycles. The number of piperidine rings is 2. The van der Waals surface area contributed by atoms with E-state index in [2.05, 4.69) is 31.4 Å². The first-order valence-electron chi connectivity index (χ1n) is 14.5. The summed E-state index contributed by atoms with van der Waals surface area (Å²) in [4.78, 5) is 55.8. The SMILES string of the molecule is Cn1c(=O)n(C2CCC(=O)NC2=O)c2cccc(N3CCC(CN4CCN([C@H]5C[C@H](NC(=O)O)C5)CC4)CC3)c21. The van der Waals surface area contributed by atoms with Crippen LogP contribution in [0.3, 0.4) is 0 Å². The van der Waals surface area contributed by atoms with Gasteiger partial charge in [-0.15, -0.1) is 0 Å². The molecule has 3 aliphatic heterocycles. The highest BCUT2D eigenvalue weighted by atomic mass is 16.4. The van der Waals surface area contributed by atoms with Gasteiger partial charge in [0.15, 0.2) is 0 Å². The van der Waals surface area contributed by atoms with E-state index in [1.807, 2.05) is 12.1 Å². The number of aromatic nitrogens is 2. The lowest BCUT2D eigenvalue weighted by atomic mass is 9.85. The van der Waals surface area contributed by atoms with Crippen molar-refractivity contribution in [3.05, 3.63) is 28.7 Å². The topological polar surface area (TPSA) is 132 Å². The van der Waals surface area contributed by atoms with Crippen molar-refractivity contribution < 1.29 is 19.5 Å². The number of benzene rings is 1. The minimum absolute atomic E-state index is 0.106. The molecule has 0 radical (unpaired) electrons. The highest BCUT2D eigenvalue weighted by molar-refractivity contribution is 6.00. The number of nitrogens with one attached hydrogen (secondary N) is 2. The van der Waals surface area contributed by atoms with Crippen LogP contribution < -0.4 is 21.2 Å². The molecular formula is C28H39N7O5. The second kappa shape index (κ2) is 10.9. The maximum atomic E-state index is 13.3. The molecule has 0 bridgehead atoms. The Morgan fingerprint density at radius 1 is 1.02 bits per heavy atom. The number of imidazole rings is 1. The molecule has 3 N–H and O–H groups in total. The van der Waals surface area contributed by atoms with Crippen LogP contribution in [0.15, 0.2) is 23.0 Å². The lowest BCUT2D eigenvalue weighted by Crippen LogP contribution is -2.58. The fraction of sp³-hybridized carbons (Fsp3) is 0.643. The summed E-state index contributed by atoms with van der Waals surface area (Å²) >= 11 is 0. The number of amides is 3. The molecule has 4 aliphatic rings.